The van der Waals surface area contributed by atoms with Crippen LogP contribution in [0.4, 0.5) is 0 Å². The molecule has 0 atom stereocenters. The zero-order valence-corrected chi connectivity index (χ0v) is 12.9. The SMILES string of the molecule is CCCCCCNCCS(=O)(=O)c1ccccc1Cl. The van der Waals surface area contributed by atoms with Crippen molar-refractivity contribution in [1.82, 2.24) is 5.32 Å². The minimum absolute atomic E-state index is 0.0878. The van der Waals surface area contributed by atoms with E-state index in [2.05, 4.69) is 12.2 Å². The minimum atomic E-state index is -3.28. The predicted molar refractivity (Wildman–Crippen MR) is 80.5 cm³/mol. The van der Waals surface area contributed by atoms with Crippen molar-refractivity contribution in [3.8, 4) is 0 Å². The van der Waals surface area contributed by atoms with Gasteiger partial charge in [-0.15, -0.1) is 0 Å². The second kappa shape index (κ2) is 8.56. The molecule has 1 N–H and O–H groups in total. The average Bonchev–Trinajstić information content (AvgIpc) is 2.38. The molecule has 108 valence electrons. The third kappa shape index (κ3) is 5.93. The van der Waals surface area contributed by atoms with Crippen molar-refractivity contribution < 1.29 is 8.42 Å². The molecule has 0 unspecified atom stereocenters. The molecule has 0 saturated carbocycles. The summed E-state index contributed by atoms with van der Waals surface area (Å²) in [6.45, 7) is 3.52. The lowest BCUT2D eigenvalue weighted by Gasteiger charge is -2.07. The van der Waals surface area contributed by atoms with Crippen molar-refractivity contribution in [3.05, 3.63) is 29.3 Å². The van der Waals surface area contributed by atoms with Gasteiger partial charge in [0.25, 0.3) is 0 Å². The highest BCUT2D eigenvalue weighted by Gasteiger charge is 2.16. The number of benzene rings is 1. The van der Waals surface area contributed by atoms with Crippen LogP contribution >= 0.6 is 11.6 Å². The standard InChI is InChI=1S/C14H22ClNO2S/c1-2-3-4-7-10-16-11-12-19(17,18)14-9-6-5-8-13(14)15/h5-6,8-9,16H,2-4,7,10-12H2,1H3. The van der Waals surface area contributed by atoms with E-state index < -0.39 is 9.84 Å². The van der Waals surface area contributed by atoms with Crippen LogP contribution in [0.25, 0.3) is 0 Å². The van der Waals surface area contributed by atoms with Crippen molar-refractivity contribution in [2.45, 2.75) is 37.5 Å². The lowest BCUT2D eigenvalue weighted by Crippen LogP contribution is -2.24. The number of sulfone groups is 1. The molecule has 0 spiro atoms. The van der Waals surface area contributed by atoms with Gasteiger partial charge in [-0.3, -0.25) is 0 Å². The molecule has 1 rings (SSSR count). The predicted octanol–water partition coefficient (Wildman–Crippen LogP) is 3.28. The van der Waals surface area contributed by atoms with Crippen molar-refractivity contribution in [2.24, 2.45) is 0 Å². The van der Waals surface area contributed by atoms with E-state index in [1.165, 1.54) is 19.3 Å². The summed E-state index contributed by atoms with van der Waals surface area (Å²) in [5.41, 5.74) is 0. The van der Waals surface area contributed by atoms with Crippen LogP contribution in [0.1, 0.15) is 32.6 Å². The van der Waals surface area contributed by atoms with Gasteiger partial charge in [0.1, 0.15) is 0 Å². The fourth-order valence-electron chi connectivity index (χ4n) is 1.82. The Morgan fingerprint density at radius 3 is 2.53 bits per heavy atom. The number of hydrogen-bond donors (Lipinski definition) is 1. The molecule has 0 amide bonds. The number of hydrogen-bond acceptors (Lipinski definition) is 3. The molecule has 0 bridgehead atoms. The third-order valence-corrected chi connectivity index (χ3v) is 5.14. The van der Waals surface area contributed by atoms with E-state index >= 15 is 0 Å². The van der Waals surface area contributed by atoms with Gasteiger partial charge in [0, 0.05) is 6.54 Å². The average molecular weight is 304 g/mol. The highest BCUT2D eigenvalue weighted by molar-refractivity contribution is 7.91. The van der Waals surface area contributed by atoms with Crippen molar-refractivity contribution in [3.63, 3.8) is 0 Å². The summed E-state index contributed by atoms with van der Waals surface area (Å²) in [6.07, 6.45) is 4.74. The molecule has 3 nitrogen and oxygen atoms in total. The monoisotopic (exact) mass is 303 g/mol. The molecule has 0 radical (unpaired) electrons. The topological polar surface area (TPSA) is 46.2 Å². The van der Waals surface area contributed by atoms with E-state index in [-0.39, 0.29) is 10.6 Å². The molecular weight excluding hydrogens is 282 g/mol. The van der Waals surface area contributed by atoms with Gasteiger partial charge in [0.05, 0.1) is 15.7 Å². The van der Waals surface area contributed by atoms with Gasteiger partial charge < -0.3 is 5.32 Å². The van der Waals surface area contributed by atoms with E-state index in [1.807, 2.05) is 0 Å². The highest BCUT2D eigenvalue weighted by atomic mass is 35.5. The van der Waals surface area contributed by atoms with E-state index in [9.17, 15) is 8.42 Å². The van der Waals surface area contributed by atoms with Crippen LogP contribution in [0, 0.1) is 0 Å². The van der Waals surface area contributed by atoms with E-state index in [1.54, 1.807) is 24.3 Å². The molecule has 0 aliphatic carbocycles. The van der Waals surface area contributed by atoms with Crippen LogP contribution in [0.3, 0.4) is 0 Å². The molecule has 0 fully saturated rings. The first-order valence-electron chi connectivity index (χ1n) is 6.76. The van der Waals surface area contributed by atoms with E-state index in [0.29, 0.717) is 11.6 Å². The molecule has 1 aromatic carbocycles. The molecule has 0 aliphatic rings. The van der Waals surface area contributed by atoms with Crippen LogP contribution in [-0.4, -0.2) is 27.3 Å². The van der Waals surface area contributed by atoms with Crippen LogP contribution in [0.2, 0.25) is 5.02 Å². The van der Waals surface area contributed by atoms with Gasteiger partial charge in [-0.2, -0.15) is 0 Å². The first-order chi connectivity index (χ1) is 9.08. The van der Waals surface area contributed by atoms with Crippen LogP contribution < -0.4 is 5.32 Å². The quantitative estimate of drug-likeness (QED) is 0.712. The molecule has 5 heteroatoms. The Labute approximate surface area is 121 Å². The Morgan fingerprint density at radius 1 is 1.11 bits per heavy atom. The Kier molecular flexibility index (Phi) is 7.42. The maximum Gasteiger partial charge on any atom is 0.181 e. The van der Waals surface area contributed by atoms with Gasteiger partial charge in [-0.05, 0) is 25.1 Å². The molecule has 1 aromatic rings. The van der Waals surface area contributed by atoms with Crippen molar-refractivity contribution in [2.75, 3.05) is 18.8 Å². The maximum atomic E-state index is 12.1. The third-order valence-electron chi connectivity index (χ3n) is 2.93. The summed E-state index contributed by atoms with van der Waals surface area (Å²) in [4.78, 5) is 0.226. The molecule has 0 aliphatic heterocycles. The number of rotatable bonds is 9. The van der Waals surface area contributed by atoms with Crippen LogP contribution in [-0.2, 0) is 9.84 Å². The lowest BCUT2D eigenvalue weighted by atomic mass is 10.2. The second-order valence-electron chi connectivity index (χ2n) is 4.56. The second-order valence-corrected chi connectivity index (χ2v) is 7.04. The van der Waals surface area contributed by atoms with Gasteiger partial charge in [-0.1, -0.05) is 49.9 Å². The summed E-state index contributed by atoms with van der Waals surface area (Å²) in [7, 11) is -3.28. The smallest absolute Gasteiger partial charge is 0.181 e. The van der Waals surface area contributed by atoms with Crippen molar-refractivity contribution >= 4 is 21.4 Å². The fraction of sp³-hybridized carbons (Fsp3) is 0.571. The molecule has 0 heterocycles. The van der Waals surface area contributed by atoms with Gasteiger partial charge in [-0.25, -0.2) is 8.42 Å². The Hall–Kier alpha value is -0.580. The largest absolute Gasteiger partial charge is 0.316 e. The summed E-state index contributed by atoms with van der Waals surface area (Å²) in [5.74, 6) is 0.0878. The fourth-order valence-corrected chi connectivity index (χ4v) is 3.59. The first-order valence-corrected chi connectivity index (χ1v) is 8.79. The first kappa shape index (κ1) is 16.5. The summed E-state index contributed by atoms with van der Waals surface area (Å²) in [6, 6.07) is 6.58. The highest BCUT2D eigenvalue weighted by Crippen LogP contribution is 2.21. The van der Waals surface area contributed by atoms with Crippen LogP contribution in [0.5, 0.6) is 0 Å². The van der Waals surface area contributed by atoms with Gasteiger partial charge >= 0.3 is 0 Å². The van der Waals surface area contributed by atoms with Gasteiger partial charge in [0.2, 0.25) is 0 Å². The molecular formula is C14H22ClNO2S. The normalized spacial score (nSPS) is 11.7. The Morgan fingerprint density at radius 2 is 1.84 bits per heavy atom. The molecule has 19 heavy (non-hydrogen) atoms. The zero-order valence-electron chi connectivity index (χ0n) is 11.4. The van der Waals surface area contributed by atoms with E-state index in [4.69, 9.17) is 11.6 Å². The minimum Gasteiger partial charge on any atom is -0.316 e. The molecule has 0 saturated heterocycles. The van der Waals surface area contributed by atoms with Gasteiger partial charge in [0.15, 0.2) is 9.84 Å². The number of unbranched alkanes of at least 4 members (excludes halogenated alkanes) is 3. The maximum absolute atomic E-state index is 12.1. The summed E-state index contributed by atoms with van der Waals surface area (Å²) >= 11 is 5.91. The van der Waals surface area contributed by atoms with Crippen LogP contribution in [0.15, 0.2) is 29.2 Å². The number of nitrogens with one attached hydrogen (secondary N) is 1. The van der Waals surface area contributed by atoms with Crippen molar-refractivity contribution in [1.29, 1.82) is 0 Å². The van der Waals surface area contributed by atoms with E-state index in [0.717, 1.165) is 13.0 Å². The summed E-state index contributed by atoms with van der Waals surface area (Å²) < 4.78 is 24.1. The molecule has 0 aromatic heterocycles. The number of halogens is 1. The zero-order chi connectivity index (χ0) is 14.1. The Bertz CT molecular complexity index is 474. The lowest BCUT2D eigenvalue weighted by molar-refractivity contribution is 0.583. The summed E-state index contributed by atoms with van der Waals surface area (Å²) in [5, 5.41) is 3.46. The Balaban J connectivity index is 2.34.